The van der Waals surface area contributed by atoms with E-state index < -0.39 is 6.10 Å². The number of fused-ring (bicyclic) bond motifs is 1. The summed E-state index contributed by atoms with van der Waals surface area (Å²) in [6, 6.07) is 14.4. The van der Waals surface area contributed by atoms with Crippen LogP contribution in [0.2, 0.25) is 0 Å². The molecule has 168 valence electrons. The van der Waals surface area contributed by atoms with E-state index in [0.717, 1.165) is 17.7 Å². The van der Waals surface area contributed by atoms with Crippen molar-refractivity contribution in [2.24, 2.45) is 5.92 Å². The van der Waals surface area contributed by atoms with Gasteiger partial charge in [0.1, 0.15) is 5.69 Å². The van der Waals surface area contributed by atoms with Crippen LogP contribution < -0.4 is 9.80 Å². The fraction of sp³-hybridized carbons (Fsp3) is 0.417. The summed E-state index contributed by atoms with van der Waals surface area (Å²) < 4.78 is 5.57. The summed E-state index contributed by atoms with van der Waals surface area (Å²) >= 11 is 0. The lowest BCUT2D eigenvalue weighted by molar-refractivity contribution is -0.384. The van der Waals surface area contributed by atoms with Crippen LogP contribution in [0.1, 0.15) is 32.3 Å². The third-order valence-electron chi connectivity index (χ3n) is 6.33. The number of carbonyl (C=O) groups excluding carboxylic acids is 2. The van der Waals surface area contributed by atoms with E-state index in [9.17, 15) is 19.7 Å². The molecule has 8 nitrogen and oxygen atoms in total. The summed E-state index contributed by atoms with van der Waals surface area (Å²) in [6.07, 6.45) is 0.959. The van der Waals surface area contributed by atoms with Gasteiger partial charge in [0, 0.05) is 30.9 Å². The van der Waals surface area contributed by atoms with Gasteiger partial charge in [-0.15, -0.1) is 0 Å². The Morgan fingerprint density at radius 3 is 2.38 bits per heavy atom. The third-order valence-corrected chi connectivity index (χ3v) is 6.33. The molecule has 8 heteroatoms. The van der Waals surface area contributed by atoms with Crippen molar-refractivity contribution in [2.45, 2.75) is 45.3 Å². The molecule has 0 aliphatic carbocycles. The summed E-state index contributed by atoms with van der Waals surface area (Å²) in [5.41, 5.74) is 2.63. The lowest BCUT2D eigenvalue weighted by atomic mass is 9.96. The first-order valence-corrected chi connectivity index (χ1v) is 11.0. The lowest BCUT2D eigenvalue weighted by Gasteiger charge is -2.33. The molecule has 0 radical (unpaired) electrons. The van der Waals surface area contributed by atoms with E-state index in [0.29, 0.717) is 31.6 Å². The summed E-state index contributed by atoms with van der Waals surface area (Å²) in [4.78, 5) is 40.4. The van der Waals surface area contributed by atoms with Gasteiger partial charge in [-0.05, 0) is 50.8 Å². The zero-order valence-electron chi connectivity index (χ0n) is 18.3. The van der Waals surface area contributed by atoms with Gasteiger partial charge in [-0.3, -0.25) is 19.7 Å². The van der Waals surface area contributed by atoms with E-state index in [2.05, 4.69) is 0 Å². The number of nitro benzene ring substituents is 1. The molecular formula is C24H27N3O5. The van der Waals surface area contributed by atoms with Gasteiger partial charge in [-0.2, -0.15) is 0 Å². The number of hydrogen-bond acceptors (Lipinski definition) is 6. The first-order valence-electron chi connectivity index (χ1n) is 11.0. The predicted molar refractivity (Wildman–Crippen MR) is 121 cm³/mol. The molecule has 0 spiro atoms. The molecule has 1 fully saturated rings. The number of piperidine rings is 1. The van der Waals surface area contributed by atoms with Crippen LogP contribution in [-0.4, -0.2) is 42.0 Å². The van der Waals surface area contributed by atoms with Crippen LogP contribution in [-0.2, 0) is 20.7 Å². The molecule has 0 saturated carbocycles. The fourth-order valence-corrected chi connectivity index (χ4v) is 4.66. The minimum Gasteiger partial charge on any atom is -0.452 e. The zero-order valence-corrected chi connectivity index (χ0v) is 18.3. The molecule has 1 saturated heterocycles. The van der Waals surface area contributed by atoms with Crippen molar-refractivity contribution in [3.63, 3.8) is 0 Å². The van der Waals surface area contributed by atoms with Crippen molar-refractivity contribution in [3.05, 3.63) is 64.2 Å². The third kappa shape index (κ3) is 4.17. The number of nitro groups is 1. The van der Waals surface area contributed by atoms with Crippen molar-refractivity contribution < 1.29 is 19.2 Å². The second-order valence-corrected chi connectivity index (χ2v) is 8.48. The molecule has 4 rings (SSSR count). The van der Waals surface area contributed by atoms with Crippen LogP contribution in [0.4, 0.5) is 17.1 Å². The van der Waals surface area contributed by atoms with Gasteiger partial charge < -0.3 is 14.5 Å². The van der Waals surface area contributed by atoms with Crippen molar-refractivity contribution in [2.75, 3.05) is 22.9 Å². The Bertz CT molecular complexity index is 1030. The first kappa shape index (κ1) is 21.8. The number of amides is 1. The highest BCUT2D eigenvalue weighted by atomic mass is 16.6. The van der Waals surface area contributed by atoms with Crippen LogP contribution in [0.3, 0.4) is 0 Å². The smallest absolute Gasteiger partial charge is 0.309 e. The predicted octanol–water partition coefficient (Wildman–Crippen LogP) is 3.72. The number of esters is 1. The van der Waals surface area contributed by atoms with Crippen LogP contribution in [0, 0.1) is 16.0 Å². The molecule has 2 aliphatic rings. The number of nitrogens with zero attached hydrogens (tertiary/aromatic N) is 3. The highest BCUT2D eigenvalue weighted by Gasteiger charge is 2.36. The number of benzene rings is 2. The first-order chi connectivity index (χ1) is 15.4. The largest absolute Gasteiger partial charge is 0.452 e. The maximum atomic E-state index is 13.1. The standard InChI is InChI=1S/C24H27N3O5/c1-16-15-19-7-3-4-8-20(19)26(16)23(28)17(2)32-24(29)18-11-13-25(14-12-18)21-9-5-6-10-22(21)27(30)31/h3-10,16-18H,11-15H2,1-2H3/t16-,17-/m0/s1. The van der Waals surface area contributed by atoms with Gasteiger partial charge in [-0.1, -0.05) is 30.3 Å². The average Bonchev–Trinajstić information content (AvgIpc) is 3.14. The summed E-state index contributed by atoms with van der Waals surface area (Å²) in [5.74, 6) is -0.922. The van der Waals surface area contributed by atoms with Crippen LogP contribution in [0.15, 0.2) is 48.5 Å². The van der Waals surface area contributed by atoms with Crippen molar-refractivity contribution >= 4 is 28.9 Å². The van der Waals surface area contributed by atoms with Gasteiger partial charge >= 0.3 is 5.97 Å². The fourth-order valence-electron chi connectivity index (χ4n) is 4.66. The van der Waals surface area contributed by atoms with Crippen molar-refractivity contribution in [1.82, 2.24) is 0 Å². The molecule has 32 heavy (non-hydrogen) atoms. The van der Waals surface area contributed by atoms with E-state index in [-0.39, 0.29) is 34.4 Å². The average molecular weight is 437 g/mol. The summed E-state index contributed by atoms with van der Waals surface area (Å²) in [6.45, 7) is 4.65. The monoisotopic (exact) mass is 437 g/mol. The van der Waals surface area contributed by atoms with Gasteiger partial charge in [0.15, 0.2) is 6.10 Å². The van der Waals surface area contributed by atoms with Gasteiger partial charge in [-0.25, -0.2) is 0 Å². The number of rotatable bonds is 5. The Hall–Kier alpha value is -3.42. The number of para-hydroxylation sites is 3. The topological polar surface area (TPSA) is 93.0 Å². The Morgan fingerprint density at radius 1 is 1.06 bits per heavy atom. The van der Waals surface area contributed by atoms with E-state index in [1.54, 1.807) is 30.0 Å². The van der Waals surface area contributed by atoms with Gasteiger partial charge in [0.05, 0.1) is 10.8 Å². The number of anilines is 2. The Morgan fingerprint density at radius 2 is 1.69 bits per heavy atom. The molecule has 2 heterocycles. The Labute approximate surface area is 186 Å². The quantitative estimate of drug-likeness (QED) is 0.402. The van der Waals surface area contributed by atoms with Crippen LogP contribution >= 0.6 is 0 Å². The maximum absolute atomic E-state index is 13.1. The normalized spacial score (nSPS) is 19.4. The molecular weight excluding hydrogens is 410 g/mol. The van der Waals surface area contributed by atoms with E-state index in [4.69, 9.17) is 4.74 Å². The molecule has 2 aromatic carbocycles. The highest BCUT2D eigenvalue weighted by Crippen LogP contribution is 2.34. The van der Waals surface area contributed by atoms with Gasteiger partial charge in [0.25, 0.3) is 11.6 Å². The lowest BCUT2D eigenvalue weighted by Crippen LogP contribution is -2.44. The molecule has 2 aromatic rings. The van der Waals surface area contributed by atoms with Crippen LogP contribution in [0.5, 0.6) is 0 Å². The molecule has 1 amide bonds. The SMILES string of the molecule is C[C@H](OC(=O)C1CCN(c2ccccc2[N+](=O)[O-])CC1)C(=O)N1c2ccccc2C[C@@H]1C. The molecule has 0 aromatic heterocycles. The number of ether oxygens (including phenoxy) is 1. The maximum Gasteiger partial charge on any atom is 0.309 e. The second kappa shape index (κ2) is 8.98. The molecule has 2 atom stereocenters. The van der Waals surface area contributed by atoms with E-state index >= 15 is 0 Å². The van der Waals surface area contributed by atoms with Crippen molar-refractivity contribution in [1.29, 1.82) is 0 Å². The number of carbonyl (C=O) groups is 2. The van der Waals surface area contributed by atoms with E-state index in [1.807, 2.05) is 36.1 Å². The second-order valence-electron chi connectivity index (χ2n) is 8.48. The Kier molecular flexibility index (Phi) is 6.12. The summed E-state index contributed by atoms with van der Waals surface area (Å²) in [5, 5.41) is 11.3. The molecule has 2 aliphatic heterocycles. The number of hydrogen-bond donors (Lipinski definition) is 0. The van der Waals surface area contributed by atoms with Crippen LogP contribution in [0.25, 0.3) is 0 Å². The van der Waals surface area contributed by atoms with Gasteiger partial charge in [0.2, 0.25) is 0 Å². The molecule has 0 N–H and O–H groups in total. The van der Waals surface area contributed by atoms with E-state index in [1.165, 1.54) is 6.07 Å². The molecule has 0 bridgehead atoms. The highest BCUT2D eigenvalue weighted by molar-refractivity contribution is 5.99. The molecule has 0 unspecified atom stereocenters. The van der Waals surface area contributed by atoms with Crippen molar-refractivity contribution in [3.8, 4) is 0 Å². The minimum absolute atomic E-state index is 0.0194. The summed E-state index contributed by atoms with van der Waals surface area (Å²) in [7, 11) is 0. The Balaban J connectivity index is 1.35. The zero-order chi connectivity index (χ0) is 22.8. The minimum atomic E-state index is -0.871.